The van der Waals surface area contributed by atoms with E-state index in [1.807, 2.05) is 13.8 Å². The Kier molecular flexibility index (Phi) is 5.15. The van der Waals surface area contributed by atoms with Gasteiger partial charge in [-0.3, -0.25) is 0 Å². The van der Waals surface area contributed by atoms with Gasteiger partial charge in [0.25, 0.3) is 0 Å². The van der Waals surface area contributed by atoms with Gasteiger partial charge in [0.15, 0.2) is 5.65 Å². The van der Waals surface area contributed by atoms with Gasteiger partial charge in [-0.2, -0.15) is 0 Å². The van der Waals surface area contributed by atoms with Crippen molar-refractivity contribution in [2.24, 2.45) is 0 Å². The van der Waals surface area contributed by atoms with Gasteiger partial charge in [-0.1, -0.05) is 34.5 Å². The summed E-state index contributed by atoms with van der Waals surface area (Å²) in [6, 6.07) is 2.40. The van der Waals surface area contributed by atoms with Crippen LogP contribution in [0, 0.1) is 11.6 Å². The Bertz CT molecular complexity index is 928. The van der Waals surface area contributed by atoms with E-state index in [4.69, 9.17) is 11.6 Å². The monoisotopic (exact) mass is 426 g/mol. The summed E-state index contributed by atoms with van der Waals surface area (Å²) in [6.07, 6.45) is 3.78. The summed E-state index contributed by atoms with van der Waals surface area (Å²) in [5, 5.41) is 3.20. The number of nitrogens with zero attached hydrogens (tertiary/aromatic N) is 3. The molecule has 1 N–H and O–H groups in total. The van der Waals surface area contributed by atoms with Crippen LogP contribution in [0.15, 0.2) is 29.0 Å². The summed E-state index contributed by atoms with van der Waals surface area (Å²) < 4.78 is 29.4. The molecule has 1 aromatic carbocycles. The Morgan fingerprint density at radius 2 is 1.80 bits per heavy atom. The summed E-state index contributed by atoms with van der Waals surface area (Å²) in [4.78, 5) is 12.6. The fourth-order valence-electron chi connectivity index (χ4n) is 2.46. The number of fused-ring (bicyclic) bond motifs is 1. The molecule has 0 aliphatic heterocycles. The SMILES string of the molecule is CCC(C)Nc1c(-c2c(F)cc(Br)cc2F)c(Cl)nc2nccnc12. The van der Waals surface area contributed by atoms with Crippen LogP contribution in [0.1, 0.15) is 20.3 Å². The van der Waals surface area contributed by atoms with Crippen molar-refractivity contribution in [2.45, 2.75) is 26.3 Å². The number of rotatable bonds is 4. The predicted molar refractivity (Wildman–Crippen MR) is 98.8 cm³/mol. The van der Waals surface area contributed by atoms with E-state index in [1.54, 1.807) is 0 Å². The number of hydrogen-bond acceptors (Lipinski definition) is 4. The van der Waals surface area contributed by atoms with Crippen molar-refractivity contribution in [3.63, 3.8) is 0 Å². The van der Waals surface area contributed by atoms with Crippen LogP contribution in [-0.2, 0) is 0 Å². The van der Waals surface area contributed by atoms with Gasteiger partial charge < -0.3 is 5.32 Å². The van der Waals surface area contributed by atoms with Crippen LogP contribution < -0.4 is 5.32 Å². The van der Waals surface area contributed by atoms with Gasteiger partial charge in [0.1, 0.15) is 22.3 Å². The largest absolute Gasteiger partial charge is 0.380 e. The summed E-state index contributed by atoms with van der Waals surface area (Å²) in [7, 11) is 0. The minimum atomic E-state index is -0.744. The number of aromatic nitrogens is 3. The third-order valence-corrected chi connectivity index (χ3v) is 4.57. The number of nitrogens with one attached hydrogen (secondary N) is 1. The fourth-order valence-corrected chi connectivity index (χ4v) is 3.13. The van der Waals surface area contributed by atoms with Gasteiger partial charge in [0.2, 0.25) is 0 Å². The minimum absolute atomic E-state index is 0.0315. The van der Waals surface area contributed by atoms with Gasteiger partial charge in [0.05, 0.1) is 16.8 Å². The Hall–Kier alpha value is -1.86. The van der Waals surface area contributed by atoms with Crippen molar-refractivity contribution in [2.75, 3.05) is 5.32 Å². The van der Waals surface area contributed by atoms with Crippen molar-refractivity contribution in [1.82, 2.24) is 15.0 Å². The lowest BCUT2D eigenvalue weighted by Crippen LogP contribution is -2.16. The van der Waals surface area contributed by atoms with E-state index in [-0.39, 0.29) is 22.3 Å². The highest BCUT2D eigenvalue weighted by Gasteiger charge is 2.24. The summed E-state index contributed by atoms with van der Waals surface area (Å²) >= 11 is 9.37. The second kappa shape index (κ2) is 7.17. The first kappa shape index (κ1) is 17.9. The lowest BCUT2D eigenvalue weighted by Gasteiger charge is -2.19. The van der Waals surface area contributed by atoms with E-state index in [0.717, 1.165) is 6.42 Å². The van der Waals surface area contributed by atoms with Gasteiger partial charge in [0, 0.05) is 22.9 Å². The van der Waals surface area contributed by atoms with Crippen LogP contribution in [0.2, 0.25) is 5.15 Å². The zero-order valence-corrected chi connectivity index (χ0v) is 15.8. The molecule has 0 aliphatic rings. The molecule has 130 valence electrons. The van der Waals surface area contributed by atoms with E-state index in [1.165, 1.54) is 24.5 Å². The molecule has 3 rings (SSSR count). The highest BCUT2D eigenvalue weighted by Crippen LogP contribution is 2.41. The molecule has 25 heavy (non-hydrogen) atoms. The maximum Gasteiger partial charge on any atom is 0.181 e. The molecule has 0 aliphatic carbocycles. The average molecular weight is 428 g/mol. The molecular weight excluding hydrogens is 414 g/mol. The standard InChI is InChI=1S/C17H14BrClF2N4/c1-3-8(2)24-14-13(12-10(20)6-9(18)7-11(12)21)16(19)25-17-15(14)22-4-5-23-17/h4-8H,3H2,1-2H3,(H,23,24,25). The van der Waals surface area contributed by atoms with Crippen molar-refractivity contribution < 1.29 is 8.78 Å². The third-order valence-electron chi connectivity index (χ3n) is 3.84. The smallest absolute Gasteiger partial charge is 0.181 e. The molecule has 1 unspecified atom stereocenters. The topological polar surface area (TPSA) is 50.7 Å². The third kappa shape index (κ3) is 3.43. The Morgan fingerprint density at radius 3 is 2.44 bits per heavy atom. The van der Waals surface area contributed by atoms with Crippen LogP contribution in [0.3, 0.4) is 0 Å². The number of anilines is 1. The van der Waals surface area contributed by atoms with E-state index in [2.05, 4.69) is 36.2 Å². The van der Waals surface area contributed by atoms with Gasteiger partial charge in [-0.05, 0) is 25.5 Å². The zero-order chi connectivity index (χ0) is 18.1. The normalized spacial score (nSPS) is 12.4. The number of benzene rings is 1. The number of hydrogen-bond donors (Lipinski definition) is 1. The molecule has 2 aromatic heterocycles. The second-order valence-electron chi connectivity index (χ2n) is 5.58. The molecule has 0 amide bonds. The molecule has 3 aromatic rings. The Morgan fingerprint density at radius 1 is 1.16 bits per heavy atom. The van der Waals surface area contributed by atoms with Crippen molar-refractivity contribution >= 4 is 44.4 Å². The second-order valence-corrected chi connectivity index (χ2v) is 6.85. The highest BCUT2D eigenvalue weighted by atomic mass is 79.9. The quantitative estimate of drug-likeness (QED) is 0.551. The van der Waals surface area contributed by atoms with Gasteiger partial charge in [-0.15, -0.1) is 0 Å². The fraction of sp³-hybridized carbons (Fsp3) is 0.235. The minimum Gasteiger partial charge on any atom is -0.380 e. The molecular formula is C17H14BrClF2N4. The van der Waals surface area contributed by atoms with Crippen LogP contribution in [0.4, 0.5) is 14.5 Å². The van der Waals surface area contributed by atoms with Gasteiger partial charge in [-0.25, -0.2) is 23.7 Å². The van der Waals surface area contributed by atoms with E-state index >= 15 is 0 Å². The molecule has 8 heteroatoms. The Labute approximate surface area is 156 Å². The highest BCUT2D eigenvalue weighted by molar-refractivity contribution is 9.10. The Balaban J connectivity index is 2.38. The lowest BCUT2D eigenvalue weighted by molar-refractivity contribution is 0.588. The van der Waals surface area contributed by atoms with Crippen LogP contribution >= 0.6 is 27.5 Å². The molecule has 0 saturated heterocycles. The van der Waals surface area contributed by atoms with Gasteiger partial charge >= 0.3 is 0 Å². The molecule has 1 atom stereocenters. The summed E-state index contributed by atoms with van der Waals surface area (Å²) in [6.45, 7) is 3.95. The summed E-state index contributed by atoms with van der Waals surface area (Å²) in [5.74, 6) is -1.49. The van der Waals surface area contributed by atoms with E-state index in [0.29, 0.717) is 21.3 Å². The summed E-state index contributed by atoms with van der Waals surface area (Å²) in [5.41, 5.74) is 1.01. The predicted octanol–water partition coefficient (Wildman–Crippen LogP) is 5.60. The lowest BCUT2D eigenvalue weighted by atomic mass is 10.0. The van der Waals surface area contributed by atoms with Crippen LogP contribution in [-0.4, -0.2) is 21.0 Å². The molecule has 0 fully saturated rings. The first-order chi connectivity index (χ1) is 11.9. The van der Waals surface area contributed by atoms with E-state index < -0.39 is 11.6 Å². The zero-order valence-electron chi connectivity index (χ0n) is 13.4. The molecule has 4 nitrogen and oxygen atoms in total. The average Bonchev–Trinajstić information content (AvgIpc) is 2.56. The first-order valence-corrected chi connectivity index (χ1v) is 8.81. The molecule has 0 spiro atoms. The first-order valence-electron chi connectivity index (χ1n) is 7.64. The van der Waals surface area contributed by atoms with Crippen LogP contribution in [0.5, 0.6) is 0 Å². The molecule has 0 radical (unpaired) electrons. The maximum atomic E-state index is 14.6. The molecule has 0 saturated carbocycles. The van der Waals surface area contributed by atoms with Crippen molar-refractivity contribution in [1.29, 1.82) is 0 Å². The maximum absolute atomic E-state index is 14.6. The van der Waals surface area contributed by atoms with Crippen molar-refractivity contribution in [3.05, 3.63) is 45.8 Å². The number of halogens is 4. The number of pyridine rings is 1. The molecule has 0 bridgehead atoms. The van der Waals surface area contributed by atoms with E-state index in [9.17, 15) is 8.78 Å². The van der Waals surface area contributed by atoms with Crippen molar-refractivity contribution in [3.8, 4) is 11.1 Å². The van der Waals surface area contributed by atoms with Crippen LogP contribution in [0.25, 0.3) is 22.3 Å². The molecule has 2 heterocycles.